The number of nitrogens with two attached hydrogens (primary N) is 1. The molecular formula is C20H29N5O14. The van der Waals surface area contributed by atoms with Crippen molar-refractivity contribution in [3.05, 3.63) is 0 Å². The summed E-state index contributed by atoms with van der Waals surface area (Å²) in [6.07, 6.45) is -4.59. The van der Waals surface area contributed by atoms with Gasteiger partial charge in [-0.05, 0) is 12.8 Å². The first kappa shape index (κ1) is 34.2. The third-order valence-corrected chi connectivity index (χ3v) is 4.77. The highest BCUT2D eigenvalue weighted by Crippen LogP contribution is 2.05. The van der Waals surface area contributed by atoms with E-state index in [1.54, 1.807) is 5.32 Å². The summed E-state index contributed by atoms with van der Waals surface area (Å²) in [7, 11) is 0. The van der Waals surface area contributed by atoms with Crippen LogP contribution in [0.15, 0.2) is 0 Å². The predicted molar refractivity (Wildman–Crippen MR) is 123 cm³/mol. The van der Waals surface area contributed by atoms with Gasteiger partial charge in [-0.3, -0.25) is 38.4 Å². The first-order chi connectivity index (χ1) is 18.1. The average molecular weight is 563 g/mol. The van der Waals surface area contributed by atoms with Crippen LogP contribution in [-0.2, 0) is 43.2 Å². The minimum Gasteiger partial charge on any atom is -0.481 e. The van der Waals surface area contributed by atoms with E-state index >= 15 is 0 Å². The summed E-state index contributed by atoms with van der Waals surface area (Å²) < 4.78 is 0. The third kappa shape index (κ3) is 14.5. The Morgan fingerprint density at radius 1 is 0.513 bits per heavy atom. The zero-order valence-electron chi connectivity index (χ0n) is 20.2. The summed E-state index contributed by atoms with van der Waals surface area (Å²) in [6.45, 7) is -0.578. The molecule has 39 heavy (non-hydrogen) atoms. The molecule has 0 aromatic rings. The highest BCUT2D eigenvalue weighted by atomic mass is 16.4. The number of carboxylic acids is 5. The monoisotopic (exact) mass is 563 g/mol. The molecule has 218 valence electrons. The van der Waals surface area contributed by atoms with Gasteiger partial charge in [0.05, 0.1) is 19.4 Å². The molecule has 4 atom stereocenters. The first-order valence-corrected chi connectivity index (χ1v) is 11.1. The van der Waals surface area contributed by atoms with Gasteiger partial charge in [-0.2, -0.15) is 0 Å². The van der Waals surface area contributed by atoms with Crippen LogP contribution in [0.5, 0.6) is 0 Å². The van der Waals surface area contributed by atoms with Crippen LogP contribution in [-0.4, -0.2) is 110 Å². The standard InChI is InChI=1S/C20H29N5O14/c21-7-12(26)22-8(1-3-13(27)28)17(35)23-9(2-4-14(29)30)18(36)24-10(5-15(31)32)19(37)25-11(20(38)39)6-16(33)34/h8-11H,1-7,21H2,(H,22,26)(H,23,35)(H,24,36)(H,25,37)(H,27,28)(H,29,30)(H,31,32)(H,33,34)(H,38,39)/t8-,9-,10-,11-/m0/s1. The van der Waals surface area contributed by atoms with Crippen LogP contribution in [0.25, 0.3) is 0 Å². The Balaban J connectivity index is 5.89. The van der Waals surface area contributed by atoms with Gasteiger partial charge in [0, 0.05) is 12.8 Å². The van der Waals surface area contributed by atoms with Crippen LogP contribution < -0.4 is 27.0 Å². The molecule has 0 saturated carbocycles. The molecule has 4 amide bonds. The minimum atomic E-state index is -1.99. The molecule has 0 aromatic heterocycles. The van der Waals surface area contributed by atoms with Crippen molar-refractivity contribution in [2.75, 3.05) is 6.54 Å². The molecule has 0 aliphatic heterocycles. The molecule has 0 heterocycles. The topological polar surface area (TPSA) is 329 Å². The zero-order valence-corrected chi connectivity index (χ0v) is 20.2. The van der Waals surface area contributed by atoms with Crippen LogP contribution in [0.3, 0.4) is 0 Å². The highest BCUT2D eigenvalue weighted by Gasteiger charge is 2.33. The highest BCUT2D eigenvalue weighted by molar-refractivity contribution is 5.97. The van der Waals surface area contributed by atoms with E-state index in [0.29, 0.717) is 0 Å². The summed E-state index contributed by atoms with van der Waals surface area (Å²) in [4.78, 5) is 105. The molecule has 0 bridgehead atoms. The smallest absolute Gasteiger partial charge is 0.326 e. The average Bonchev–Trinajstić information content (AvgIpc) is 2.81. The van der Waals surface area contributed by atoms with Crippen LogP contribution in [0.2, 0.25) is 0 Å². The van der Waals surface area contributed by atoms with Gasteiger partial charge in [0.1, 0.15) is 24.2 Å². The summed E-state index contributed by atoms with van der Waals surface area (Å²) in [5.41, 5.74) is 5.16. The van der Waals surface area contributed by atoms with Crippen LogP contribution in [0.1, 0.15) is 38.5 Å². The van der Waals surface area contributed by atoms with E-state index in [2.05, 4.69) is 10.6 Å². The zero-order chi connectivity index (χ0) is 30.3. The van der Waals surface area contributed by atoms with E-state index in [4.69, 9.17) is 31.3 Å². The number of carbonyl (C=O) groups excluding carboxylic acids is 4. The normalized spacial score (nSPS) is 13.5. The van der Waals surface area contributed by atoms with E-state index in [0.717, 1.165) is 0 Å². The van der Waals surface area contributed by atoms with Crippen molar-refractivity contribution in [2.24, 2.45) is 5.73 Å². The molecule has 19 heteroatoms. The number of rotatable bonds is 19. The third-order valence-electron chi connectivity index (χ3n) is 4.77. The van der Waals surface area contributed by atoms with E-state index < -0.39 is 123 Å². The van der Waals surface area contributed by atoms with Gasteiger partial charge in [0.15, 0.2) is 0 Å². The first-order valence-electron chi connectivity index (χ1n) is 11.1. The molecule has 0 aromatic carbocycles. The van der Waals surface area contributed by atoms with Crippen molar-refractivity contribution < 1.29 is 68.7 Å². The van der Waals surface area contributed by atoms with Gasteiger partial charge in [0.2, 0.25) is 23.6 Å². The van der Waals surface area contributed by atoms with Crippen molar-refractivity contribution in [2.45, 2.75) is 62.7 Å². The van der Waals surface area contributed by atoms with Gasteiger partial charge in [-0.1, -0.05) is 0 Å². The van der Waals surface area contributed by atoms with Crippen molar-refractivity contribution in [1.82, 2.24) is 21.3 Å². The molecule has 0 aliphatic rings. The molecular weight excluding hydrogens is 534 g/mol. The van der Waals surface area contributed by atoms with E-state index in [1.807, 2.05) is 5.32 Å². The summed E-state index contributed by atoms with van der Waals surface area (Å²) in [5, 5.41) is 52.7. The van der Waals surface area contributed by atoms with E-state index in [9.17, 15) is 43.2 Å². The molecule has 11 N–H and O–H groups in total. The Morgan fingerprint density at radius 2 is 0.872 bits per heavy atom. The van der Waals surface area contributed by atoms with E-state index in [-0.39, 0.29) is 0 Å². The fraction of sp³-hybridized carbons (Fsp3) is 0.550. The second-order valence-corrected chi connectivity index (χ2v) is 7.91. The number of carboxylic acid groups (broad SMARTS) is 5. The molecule has 0 fully saturated rings. The maximum atomic E-state index is 12.8. The fourth-order valence-electron chi connectivity index (χ4n) is 2.90. The minimum absolute atomic E-state index is 0.454. The van der Waals surface area contributed by atoms with Crippen LogP contribution in [0.4, 0.5) is 0 Å². The van der Waals surface area contributed by atoms with Gasteiger partial charge < -0.3 is 52.5 Å². The van der Waals surface area contributed by atoms with Crippen molar-refractivity contribution in [1.29, 1.82) is 0 Å². The number of nitrogens with one attached hydrogen (secondary N) is 4. The van der Waals surface area contributed by atoms with Crippen LogP contribution >= 0.6 is 0 Å². The number of amides is 4. The van der Waals surface area contributed by atoms with Crippen molar-refractivity contribution in [3.8, 4) is 0 Å². The van der Waals surface area contributed by atoms with Crippen LogP contribution in [0, 0.1) is 0 Å². The predicted octanol–water partition coefficient (Wildman–Crippen LogP) is -4.35. The summed E-state index contributed by atoms with van der Waals surface area (Å²) in [5.74, 6) is -12.5. The molecule has 0 unspecified atom stereocenters. The van der Waals surface area contributed by atoms with E-state index in [1.165, 1.54) is 0 Å². The lowest BCUT2D eigenvalue weighted by molar-refractivity contribution is -0.148. The Labute approximate surface area is 219 Å². The largest absolute Gasteiger partial charge is 0.481 e. The number of hydrogen-bond donors (Lipinski definition) is 10. The SMILES string of the molecule is NCC(=O)N[C@@H](CCC(=O)O)C(=O)N[C@@H](CCC(=O)O)C(=O)N[C@@H](CC(=O)O)C(=O)N[C@@H](CC(=O)O)C(=O)O. The summed E-state index contributed by atoms with van der Waals surface area (Å²) in [6, 6.07) is -7.27. The molecule has 0 saturated heterocycles. The van der Waals surface area contributed by atoms with Crippen molar-refractivity contribution in [3.63, 3.8) is 0 Å². The Kier molecular flexibility index (Phi) is 14.8. The number of hydrogen-bond acceptors (Lipinski definition) is 10. The quantitative estimate of drug-likeness (QED) is 0.0709. The number of aliphatic carboxylic acids is 5. The van der Waals surface area contributed by atoms with Gasteiger partial charge >= 0.3 is 29.8 Å². The second-order valence-electron chi connectivity index (χ2n) is 7.91. The Hall–Kier alpha value is -4.81. The maximum absolute atomic E-state index is 12.8. The second kappa shape index (κ2) is 16.8. The lowest BCUT2D eigenvalue weighted by Crippen LogP contribution is -2.58. The van der Waals surface area contributed by atoms with Crippen molar-refractivity contribution >= 4 is 53.5 Å². The Bertz CT molecular complexity index is 984. The fourth-order valence-corrected chi connectivity index (χ4v) is 2.90. The molecule has 19 nitrogen and oxygen atoms in total. The van der Waals surface area contributed by atoms with Gasteiger partial charge in [-0.25, -0.2) is 4.79 Å². The molecule has 0 aliphatic carbocycles. The molecule has 0 rings (SSSR count). The molecule has 0 radical (unpaired) electrons. The van der Waals surface area contributed by atoms with Gasteiger partial charge in [-0.15, -0.1) is 0 Å². The van der Waals surface area contributed by atoms with Gasteiger partial charge in [0.25, 0.3) is 0 Å². The lowest BCUT2D eigenvalue weighted by atomic mass is 10.1. The Morgan fingerprint density at radius 3 is 1.26 bits per heavy atom. The lowest BCUT2D eigenvalue weighted by Gasteiger charge is -2.25. The number of carbonyl (C=O) groups is 9. The maximum Gasteiger partial charge on any atom is 0.326 e. The molecule has 0 spiro atoms. The summed E-state index contributed by atoms with van der Waals surface area (Å²) >= 11 is 0.